The van der Waals surface area contributed by atoms with Gasteiger partial charge in [-0.25, -0.2) is 8.42 Å². The Balaban J connectivity index is 2.07. The molecule has 0 spiro atoms. The summed E-state index contributed by atoms with van der Waals surface area (Å²) in [4.78, 5) is 13.5. The maximum Gasteiger partial charge on any atom is 0.306 e. The van der Waals surface area contributed by atoms with Gasteiger partial charge in [0.25, 0.3) is 0 Å². The molecule has 2 aliphatic heterocycles. The normalized spacial score (nSPS) is 34.3. The van der Waals surface area contributed by atoms with Crippen molar-refractivity contribution in [1.29, 1.82) is 0 Å². The summed E-state index contributed by atoms with van der Waals surface area (Å²) in [6.07, 6.45) is 1.94. The second-order valence-electron chi connectivity index (χ2n) is 5.65. The molecule has 0 aromatic carbocycles. The molecule has 2 saturated heterocycles. The summed E-state index contributed by atoms with van der Waals surface area (Å²) in [7, 11) is -0.862. The number of hydrogen-bond donors (Lipinski definition) is 1. The van der Waals surface area contributed by atoms with E-state index in [-0.39, 0.29) is 29.3 Å². The van der Waals surface area contributed by atoms with E-state index in [1.54, 1.807) is 0 Å². The molecule has 2 fully saturated rings. The Kier molecular flexibility index (Phi) is 3.96. The second-order valence-corrected chi connectivity index (χ2v) is 7.95. The molecule has 2 rings (SSSR count). The number of carboxylic acids is 1. The van der Waals surface area contributed by atoms with Crippen LogP contribution in [0.25, 0.3) is 0 Å². The molecule has 0 bridgehead atoms. The van der Waals surface area contributed by atoms with Gasteiger partial charge in [-0.3, -0.25) is 4.79 Å². The number of sulfone groups is 1. The first kappa shape index (κ1) is 13.8. The van der Waals surface area contributed by atoms with Gasteiger partial charge in [-0.1, -0.05) is 0 Å². The monoisotopic (exact) mass is 275 g/mol. The summed E-state index contributed by atoms with van der Waals surface area (Å²) in [5, 5.41) is 9.29. The number of carboxylic acid groups (broad SMARTS) is 1. The SMILES string of the molecule is CN1CCC(C(=O)O)C(C2CCS(=O)(=O)CC2)C1. The summed E-state index contributed by atoms with van der Waals surface area (Å²) in [6, 6.07) is 0. The molecule has 2 aliphatic rings. The van der Waals surface area contributed by atoms with Gasteiger partial charge in [-0.2, -0.15) is 0 Å². The Morgan fingerprint density at radius 1 is 1.22 bits per heavy atom. The molecule has 18 heavy (non-hydrogen) atoms. The fourth-order valence-corrected chi connectivity index (χ4v) is 4.80. The topological polar surface area (TPSA) is 74.7 Å². The van der Waals surface area contributed by atoms with Crippen LogP contribution in [0.3, 0.4) is 0 Å². The van der Waals surface area contributed by atoms with E-state index in [1.807, 2.05) is 7.05 Å². The van der Waals surface area contributed by atoms with E-state index in [2.05, 4.69) is 4.90 Å². The third-order valence-corrected chi connectivity index (χ3v) is 6.10. The average Bonchev–Trinajstić information content (AvgIpc) is 2.28. The quantitative estimate of drug-likeness (QED) is 0.792. The highest BCUT2D eigenvalue weighted by Crippen LogP contribution is 2.35. The highest BCUT2D eigenvalue weighted by atomic mass is 32.2. The van der Waals surface area contributed by atoms with Crippen LogP contribution in [-0.4, -0.2) is 56.0 Å². The molecule has 104 valence electrons. The molecular formula is C12H21NO4S. The molecule has 0 aromatic heterocycles. The second kappa shape index (κ2) is 5.17. The largest absolute Gasteiger partial charge is 0.481 e. The summed E-state index contributed by atoms with van der Waals surface area (Å²) >= 11 is 0. The van der Waals surface area contributed by atoms with E-state index >= 15 is 0 Å². The number of piperidine rings is 1. The predicted molar refractivity (Wildman–Crippen MR) is 68.1 cm³/mol. The van der Waals surface area contributed by atoms with E-state index in [0.29, 0.717) is 19.3 Å². The van der Waals surface area contributed by atoms with Crippen molar-refractivity contribution in [2.45, 2.75) is 19.3 Å². The van der Waals surface area contributed by atoms with Crippen LogP contribution < -0.4 is 0 Å². The lowest BCUT2D eigenvalue weighted by Gasteiger charge is -2.40. The van der Waals surface area contributed by atoms with Gasteiger partial charge in [0.1, 0.15) is 9.84 Å². The van der Waals surface area contributed by atoms with Crippen LogP contribution in [0.4, 0.5) is 0 Å². The summed E-state index contributed by atoms with van der Waals surface area (Å²) in [5.74, 6) is -0.211. The van der Waals surface area contributed by atoms with Gasteiger partial charge in [-0.15, -0.1) is 0 Å². The Bertz CT molecular complexity index is 406. The molecular weight excluding hydrogens is 254 g/mol. The van der Waals surface area contributed by atoms with Crippen molar-refractivity contribution in [2.75, 3.05) is 31.6 Å². The minimum absolute atomic E-state index is 0.108. The van der Waals surface area contributed by atoms with E-state index in [9.17, 15) is 18.3 Å². The number of likely N-dealkylation sites (tertiary alicyclic amines) is 1. The number of hydrogen-bond acceptors (Lipinski definition) is 4. The van der Waals surface area contributed by atoms with Crippen molar-refractivity contribution in [3.05, 3.63) is 0 Å². The summed E-state index contributed by atoms with van der Waals surface area (Å²) in [5.41, 5.74) is 0. The van der Waals surface area contributed by atoms with Crippen molar-refractivity contribution >= 4 is 15.8 Å². The van der Waals surface area contributed by atoms with Crippen LogP contribution in [0.2, 0.25) is 0 Å². The number of carbonyl (C=O) groups is 1. The van der Waals surface area contributed by atoms with Crippen molar-refractivity contribution in [1.82, 2.24) is 4.90 Å². The molecule has 6 heteroatoms. The standard InChI is InChI=1S/C12H21NO4S/c1-13-5-2-10(12(14)15)11(8-13)9-3-6-18(16,17)7-4-9/h9-11H,2-8H2,1H3,(H,14,15). The fourth-order valence-electron chi connectivity index (χ4n) is 3.27. The minimum atomic E-state index is -2.87. The average molecular weight is 275 g/mol. The first-order chi connectivity index (χ1) is 8.39. The molecule has 0 radical (unpaired) electrons. The number of rotatable bonds is 2. The van der Waals surface area contributed by atoms with E-state index < -0.39 is 15.8 Å². The Morgan fingerprint density at radius 3 is 2.39 bits per heavy atom. The zero-order valence-corrected chi connectivity index (χ0v) is 11.5. The molecule has 0 amide bonds. The van der Waals surface area contributed by atoms with E-state index in [4.69, 9.17) is 0 Å². The molecule has 0 saturated carbocycles. The van der Waals surface area contributed by atoms with Crippen LogP contribution in [0, 0.1) is 17.8 Å². The van der Waals surface area contributed by atoms with E-state index in [1.165, 1.54) is 0 Å². The smallest absolute Gasteiger partial charge is 0.306 e. The van der Waals surface area contributed by atoms with Crippen LogP contribution in [0.1, 0.15) is 19.3 Å². The lowest BCUT2D eigenvalue weighted by molar-refractivity contribution is -0.146. The first-order valence-corrected chi connectivity index (χ1v) is 8.33. The third kappa shape index (κ3) is 3.03. The highest BCUT2D eigenvalue weighted by Gasteiger charge is 2.39. The van der Waals surface area contributed by atoms with Crippen LogP contribution in [0.15, 0.2) is 0 Å². The molecule has 2 atom stereocenters. The molecule has 2 heterocycles. The zero-order valence-electron chi connectivity index (χ0n) is 10.7. The molecule has 1 N–H and O–H groups in total. The van der Waals surface area contributed by atoms with Gasteiger partial charge < -0.3 is 10.0 Å². The lowest BCUT2D eigenvalue weighted by Crippen LogP contribution is -2.46. The summed E-state index contributed by atoms with van der Waals surface area (Å²) in [6.45, 7) is 1.60. The number of nitrogens with zero attached hydrogens (tertiary/aromatic N) is 1. The Hall–Kier alpha value is -0.620. The Labute approximate surface area is 108 Å². The third-order valence-electron chi connectivity index (χ3n) is 4.38. The van der Waals surface area contributed by atoms with Gasteiger partial charge >= 0.3 is 5.97 Å². The van der Waals surface area contributed by atoms with Crippen molar-refractivity contribution in [2.24, 2.45) is 17.8 Å². The van der Waals surface area contributed by atoms with Crippen molar-refractivity contribution in [3.8, 4) is 0 Å². The maximum absolute atomic E-state index is 11.4. The number of aliphatic carboxylic acids is 1. The van der Waals surface area contributed by atoms with Crippen LogP contribution >= 0.6 is 0 Å². The molecule has 0 aliphatic carbocycles. The fraction of sp³-hybridized carbons (Fsp3) is 0.917. The highest BCUT2D eigenvalue weighted by molar-refractivity contribution is 7.91. The molecule has 5 nitrogen and oxygen atoms in total. The lowest BCUT2D eigenvalue weighted by atomic mass is 9.75. The van der Waals surface area contributed by atoms with Crippen molar-refractivity contribution < 1.29 is 18.3 Å². The summed E-state index contributed by atoms with van der Waals surface area (Å²) < 4.78 is 22.9. The zero-order chi connectivity index (χ0) is 13.3. The first-order valence-electron chi connectivity index (χ1n) is 6.51. The van der Waals surface area contributed by atoms with Gasteiger partial charge in [-0.05, 0) is 44.7 Å². The van der Waals surface area contributed by atoms with Gasteiger partial charge in [0.15, 0.2) is 0 Å². The van der Waals surface area contributed by atoms with Crippen LogP contribution in [0.5, 0.6) is 0 Å². The molecule has 2 unspecified atom stereocenters. The Morgan fingerprint density at radius 2 is 1.83 bits per heavy atom. The van der Waals surface area contributed by atoms with Gasteiger partial charge in [0.05, 0.1) is 17.4 Å². The van der Waals surface area contributed by atoms with Gasteiger partial charge in [0.2, 0.25) is 0 Å². The van der Waals surface area contributed by atoms with Crippen LogP contribution in [-0.2, 0) is 14.6 Å². The van der Waals surface area contributed by atoms with Gasteiger partial charge in [0, 0.05) is 6.54 Å². The van der Waals surface area contributed by atoms with E-state index in [0.717, 1.165) is 13.1 Å². The maximum atomic E-state index is 11.4. The minimum Gasteiger partial charge on any atom is -0.481 e. The molecule has 0 aromatic rings. The predicted octanol–water partition coefficient (Wildman–Crippen LogP) is 0.464. The van der Waals surface area contributed by atoms with Crippen molar-refractivity contribution in [3.63, 3.8) is 0 Å².